The molecule has 0 bridgehead atoms. The second kappa shape index (κ2) is 6.29. The Balaban J connectivity index is 2.42. The van der Waals surface area contributed by atoms with E-state index in [1.807, 2.05) is 11.8 Å². The van der Waals surface area contributed by atoms with Crippen molar-refractivity contribution in [1.29, 1.82) is 0 Å². The number of alkyl halides is 3. The van der Waals surface area contributed by atoms with Crippen LogP contribution in [0.5, 0.6) is 0 Å². The first-order valence-electron chi connectivity index (χ1n) is 6.80. The average molecular weight is 306 g/mol. The minimum absolute atomic E-state index is 0.194. The van der Waals surface area contributed by atoms with Gasteiger partial charge in [-0.3, -0.25) is 4.90 Å². The van der Waals surface area contributed by atoms with Crippen molar-refractivity contribution in [2.45, 2.75) is 25.2 Å². The molecule has 0 amide bonds. The first-order chi connectivity index (χ1) is 9.88. The maximum absolute atomic E-state index is 13.4. The van der Waals surface area contributed by atoms with Crippen molar-refractivity contribution >= 4 is 0 Å². The van der Waals surface area contributed by atoms with E-state index in [4.69, 9.17) is 10.5 Å². The predicted molar refractivity (Wildman–Crippen MR) is 70.2 cm³/mol. The number of hydrogen-bond acceptors (Lipinski definition) is 3. The maximum Gasteiger partial charge on any atom is 0.419 e. The average Bonchev–Trinajstić information content (AvgIpc) is 2.45. The van der Waals surface area contributed by atoms with Crippen LogP contribution < -0.4 is 5.73 Å². The van der Waals surface area contributed by atoms with Gasteiger partial charge < -0.3 is 10.5 Å². The van der Waals surface area contributed by atoms with Gasteiger partial charge in [-0.15, -0.1) is 0 Å². The second-order valence-electron chi connectivity index (χ2n) is 4.96. The molecule has 0 aliphatic carbocycles. The molecule has 2 atom stereocenters. The lowest BCUT2D eigenvalue weighted by Gasteiger charge is -2.40. The molecule has 0 saturated carbocycles. The van der Waals surface area contributed by atoms with Gasteiger partial charge in [0.1, 0.15) is 5.82 Å². The molecule has 1 heterocycles. The monoisotopic (exact) mass is 306 g/mol. The molecule has 1 fully saturated rings. The molecule has 0 spiro atoms. The normalized spacial score (nSPS) is 24.3. The highest BCUT2D eigenvalue weighted by Gasteiger charge is 2.37. The number of halogens is 4. The number of benzene rings is 1. The van der Waals surface area contributed by atoms with E-state index in [1.54, 1.807) is 0 Å². The topological polar surface area (TPSA) is 38.5 Å². The fourth-order valence-corrected chi connectivity index (χ4v) is 2.71. The van der Waals surface area contributed by atoms with Gasteiger partial charge in [0.15, 0.2) is 0 Å². The third kappa shape index (κ3) is 3.36. The summed E-state index contributed by atoms with van der Waals surface area (Å²) in [6.45, 7) is 3.86. The lowest BCUT2D eigenvalue weighted by molar-refractivity contribution is -0.140. The van der Waals surface area contributed by atoms with Crippen LogP contribution in [-0.4, -0.2) is 37.2 Å². The van der Waals surface area contributed by atoms with Crippen molar-refractivity contribution < 1.29 is 22.3 Å². The summed E-state index contributed by atoms with van der Waals surface area (Å²) < 4.78 is 57.5. The van der Waals surface area contributed by atoms with Gasteiger partial charge in [-0.1, -0.05) is 13.0 Å². The molecular formula is C14H18F4N2O. The highest BCUT2D eigenvalue weighted by Crippen LogP contribution is 2.36. The first-order valence-corrected chi connectivity index (χ1v) is 6.80. The molecule has 0 aromatic heterocycles. The second-order valence-corrected chi connectivity index (χ2v) is 4.96. The van der Waals surface area contributed by atoms with Crippen molar-refractivity contribution in [3.8, 4) is 0 Å². The first kappa shape index (κ1) is 16.2. The number of hydrogen-bond donors (Lipinski definition) is 1. The molecule has 2 unspecified atom stereocenters. The molecule has 3 nitrogen and oxygen atoms in total. The lowest BCUT2D eigenvalue weighted by Crippen LogP contribution is -2.48. The summed E-state index contributed by atoms with van der Waals surface area (Å²) >= 11 is 0. The maximum atomic E-state index is 13.4. The molecule has 118 valence electrons. The van der Waals surface area contributed by atoms with Crippen LogP contribution in [0.25, 0.3) is 0 Å². The van der Waals surface area contributed by atoms with Crippen molar-refractivity contribution in [2.75, 3.05) is 26.2 Å². The summed E-state index contributed by atoms with van der Waals surface area (Å²) in [6.07, 6.45) is -5.12. The molecule has 2 N–H and O–H groups in total. The lowest BCUT2D eigenvalue weighted by atomic mass is 9.96. The van der Waals surface area contributed by atoms with Crippen LogP contribution in [0.4, 0.5) is 17.6 Å². The van der Waals surface area contributed by atoms with Crippen molar-refractivity contribution in [2.24, 2.45) is 5.73 Å². The van der Waals surface area contributed by atoms with Crippen LogP contribution in [-0.2, 0) is 10.9 Å². The van der Waals surface area contributed by atoms with Crippen LogP contribution >= 0.6 is 0 Å². The Morgan fingerprint density at radius 1 is 1.38 bits per heavy atom. The Morgan fingerprint density at radius 2 is 2.10 bits per heavy atom. The number of nitrogens with two attached hydrogens (primary N) is 1. The van der Waals surface area contributed by atoms with Gasteiger partial charge in [-0.25, -0.2) is 4.39 Å². The van der Waals surface area contributed by atoms with Gasteiger partial charge >= 0.3 is 6.18 Å². The number of ether oxygens (including phenoxy) is 1. The van der Waals surface area contributed by atoms with E-state index in [0.29, 0.717) is 25.3 Å². The zero-order valence-electron chi connectivity index (χ0n) is 11.7. The zero-order valence-corrected chi connectivity index (χ0v) is 11.7. The standard InChI is InChI=1S/C14H18F4N2O/c1-2-20-5-6-21-12(8-19)13(20)9-3-4-11(15)10(7-9)14(16,17)18/h3-4,7,12-13H,2,5-6,8,19H2,1H3. The SMILES string of the molecule is CCN1CCOC(CN)C1c1ccc(F)c(C(F)(F)F)c1. The van der Waals surface area contributed by atoms with Crippen molar-refractivity contribution in [3.63, 3.8) is 0 Å². The third-order valence-corrected chi connectivity index (χ3v) is 3.73. The molecule has 1 aromatic rings. The summed E-state index contributed by atoms with van der Waals surface area (Å²) in [7, 11) is 0. The van der Waals surface area contributed by atoms with Gasteiger partial charge in [-0.2, -0.15) is 13.2 Å². The smallest absolute Gasteiger partial charge is 0.374 e. The summed E-state index contributed by atoms with van der Waals surface area (Å²) in [5, 5.41) is 0. The van der Waals surface area contributed by atoms with E-state index in [1.165, 1.54) is 6.07 Å². The van der Waals surface area contributed by atoms with Crippen molar-refractivity contribution in [3.05, 3.63) is 35.1 Å². The fourth-order valence-electron chi connectivity index (χ4n) is 2.71. The Kier molecular flexibility index (Phi) is 4.85. The van der Waals surface area contributed by atoms with Crippen LogP contribution in [0.2, 0.25) is 0 Å². The molecule has 2 rings (SSSR count). The molecule has 1 aliphatic rings. The highest BCUT2D eigenvalue weighted by atomic mass is 19.4. The van der Waals surface area contributed by atoms with Gasteiger partial charge in [0.25, 0.3) is 0 Å². The quantitative estimate of drug-likeness (QED) is 0.872. The van der Waals surface area contributed by atoms with E-state index >= 15 is 0 Å². The van der Waals surface area contributed by atoms with E-state index in [0.717, 1.165) is 12.1 Å². The number of nitrogens with zero attached hydrogens (tertiary/aromatic N) is 1. The van der Waals surface area contributed by atoms with E-state index in [2.05, 4.69) is 0 Å². The van der Waals surface area contributed by atoms with Gasteiger partial charge in [0, 0.05) is 13.1 Å². The molecular weight excluding hydrogens is 288 g/mol. The number of rotatable bonds is 3. The van der Waals surface area contributed by atoms with Gasteiger partial charge in [-0.05, 0) is 24.2 Å². The summed E-state index contributed by atoms with van der Waals surface area (Å²) in [4.78, 5) is 1.99. The minimum atomic E-state index is -4.72. The van der Waals surface area contributed by atoms with E-state index < -0.39 is 29.7 Å². The van der Waals surface area contributed by atoms with E-state index in [9.17, 15) is 17.6 Å². The molecule has 7 heteroatoms. The fraction of sp³-hybridized carbons (Fsp3) is 0.571. The number of morpholine rings is 1. The van der Waals surface area contributed by atoms with Crippen LogP contribution in [0, 0.1) is 5.82 Å². The van der Waals surface area contributed by atoms with Gasteiger partial charge in [0.2, 0.25) is 0 Å². The molecule has 1 aromatic carbocycles. The Labute approximate surface area is 120 Å². The molecule has 1 aliphatic heterocycles. The molecule has 1 saturated heterocycles. The van der Waals surface area contributed by atoms with Crippen LogP contribution in [0.15, 0.2) is 18.2 Å². The van der Waals surface area contributed by atoms with Gasteiger partial charge in [0.05, 0.1) is 24.3 Å². The third-order valence-electron chi connectivity index (χ3n) is 3.73. The van der Waals surface area contributed by atoms with E-state index in [-0.39, 0.29) is 6.54 Å². The molecule has 21 heavy (non-hydrogen) atoms. The summed E-state index contributed by atoms with van der Waals surface area (Å²) in [5.74, 6) is -1.27. The predicted octanol–water partition coefficient (Wildman–Crippen LogP) is 2.57. The number of likely N-dealkylation sites (N-methyl/N-ethyl adjacent to an activating group) is 1. The highest BCUT2D eigenvalue weighted by molar-refractivity contribution is 5.30. The zero-order chi connectivity index (χ0) is 15.6. The summed E-state index contributed by atoms with van der Waals surface area (Å²) in [5.41, 5.74) is 4.78. The van der Waals surface area contributed by atoms with Crippen LogP contribution in [0.1, 0.15) is 24.1 Å². The molecule has 0 radical (unpaired) electrons. The Morgan fingerprint density at radius 3 is 2.67 bits per heavy atom. The van der Waals surface area contributed by atoms with Crippen LogP contribution in [0.3, 0.4) is 0 Å². The Bertz CT molecular complexity index is 480. The van der Waals surface area contributed by atoms with Crippen molar-refractivity contribution in [1.82, 2.24) is 4.90 Å². The summed E-state index contributed by atoms with van der Waals surface area (Å²) in [6, 6.07) is 2.69. The minimum Gasteiger partial charge on any atom is -0.374 e. The largest absolute Gasteiger partial charge is 0.419 e. The Hall–Kier alpha value is -1.18.